The summed E-state index contributed by atoms with van der Waals surface area (Å²) in [6.07, 6.45) is 1.19. The summed E-state index contributed by atoms with van der Waals surface area (Å²) in [6, 6.07) is 4.48. The molecule has 3 unspecified atom stereocenters. The normalized spacial score (nSPS) is 25.6. The van der Waals surface area contributed by atoms with E-state index < -0.39 is 0 Å². The van der Waals surface area contributed by atoms with Crippen LogP contribution in [0.2, 0.25) is 5.02 Å². The molecule has 1 heterocycles. The summed E-state index contributed by atoms with van der Waals surface area (Å²) < 4.78 is 19.6. The van der Waals surface area contributed by atoms with Gasteiger partial charge in [-0.1, -0.05) is 18.5 Å². The van der Waals surface area contributed by atoms with Gasteiger partial charge in [0.25, 0.3) is 0 Å². The minimum Gasteiger partial charge on any atom is -0.380 e. The van der Waals surface area contributed by atoms with Crippen molar-refractivity contribution in [1.29, 1.82) is 0 Å². The lowest BCUT2D eigenvalue weighted by Gasteiger charge is -2.40. The maximum absolute atomic E-state index is 14.0. The average molecular weight is 301 g/mol. The minimum atomic E-state index is -0.252. The molecule has 0 aliphatic carbocycles. The topological polar surface area (TPSA) is 38.5 Å². The fourth-order valence-corrected chi connectivity index (χ4v) is 3.07. The highest BCUT2D eigenvalue weighted by Crippen LogP contribution is 2.30. The Morgan fingerprint density at radius 1 is 1.55 bits per heavy atom. The Morgan fingerprint density at radius 3 is 2.95 bits per heavy atom. The van der Waals surface area contributed by atoms with Crippen molar-refractivity contribution in [2.75, 3.05) is 26.7 Å². The molecule has 3 nitrogen and oxygen atoms in total. The van der Waals surface area contributed by atoms with Gasteiger partial charge in [0.2, 0.25) is 0 Å². The van der Waals surface area contributed by atoms with Gasteiger partial charge in [0.15, 0.2) is 0 Å². The van der Waals surface area contributed by atoms with Gasteiger partial charge in [0, 0.05) is 30.8 Å². The average Bonchev–Trinajstić information content (AvgIpc) is 2.45. The van der Waals surface area contributed by atoms with E-state index in [1.54, 1.807) is 19.2 Å². The molecule has 3 atom stereocenters. The van der Waals surface area contributed by atoms with Crippen molar-refractivity contribution in [2.45, 2.75) is 25.5 Å². The van der Waals surface area contributed by atoms with E-state index in [0.717, 1.165) is 19.5 Å². The number of rotatable bonds is 4. The molecule has 1 aromatic rings. The molecule has 2 N–H and O–H groups in total. The number of methoxy groups -OCH3 is 1. The molecule has 0 amide bonds. The zero-order valence-corrected chi connectivity index (χ0v) is 12.7. The largest absolute Gasteiger partial charge is 0.380 e. The molecule has 20 heavy (non-hydrogen) atoms. The molecule has 0 saturated carbocycles. The lowest BCUT2D eigenvalue weighted by atomic mass is 9.93. The Labute approximate surface area is 124 Å². The molecule has 0 spiro atoms. The molecule has 1 aromatic carbocycles. The van der Waals surface area contributed by atoms with Crippen LogP contribution in [-0.2, 0) is 4.74 Å². The monoisotopic (exact) mass is 300 g/mol. The number of benzene rings is 1. The highest BCUT2D eigenvalue weighted by molar-refractivity contribution is 6.30. The molecule has 0 aromatic heterocycles. The summed E-state index contributed by atoms with van der Waals surface area (Å²) in [6.45, 7) is 4.21. The SMILES string of the molecule is COC1CN(C(CN)c2cc(Cl)ccc2F)CCC1C. The Morgan fingerprint density at radius 2 is 2.30 bits per heavy atom. The number of hydrogen-bond donors (Lipinski definition) is 1. The van der Waals surface area contributed by atoms with Crippen molar-refractivity contribution in [3.05, 3.63) is 34.6 Å². The minimum absolute atomic E-state index is 0.154. The van der Waals surface area contributed by atoms with Crippen LogP contribution < -0.4 is 5.73 Å². The lowest BCUT2D eigenvalue weighted by molar-refractivity contribution is -0.0187. The second-order valence-electron chi connectivity index (χ2n) is 5.45. The number of likely N-dealkylation sites (tertiary alicyclic amines) is 1. The van der Waals surface area contributed by atoms with E-state index in [1.165, 1.54) is 6.07 Å². The predicted molar refractivity (Wildman–Crippen MR) is 79.4 cm³/mol. The smallest absolute Gasteiger partial charge is 0.128 e. The molecule has 1 aliphatic heterocycles. The molecular formula is C15H22ClFN2O. The fourth-order valence-electron chi connectivity index (χ4n) is 2.89. The quantitative estimate of drug-likeness (QED) is 0.929. The summed E-state index contributed by atoms with van der Waals surface area (Å²) in [5.41, 5.74) is 6.46. The third-order valence-electron chi connectivity index (χ3n) is 4.20. The molecule has 1 saturated heterocycles. The Kier molecular flexibility index (Phi) is 5.38. The molecule has 1 aliphatic rings. The third-order valence-corrected chi connectivity index (χ3v) is 4.44. The zero-order chi connectivity index (χ0) is 14.7. The second-order valence-corrected chi connectivity index (χ2v) is 5.89. The number of nitrogens with two attached hydrogens (primary N) is 1. The van der Waals surface area contributed by atoms with Crippen LogP contribution in [0.5, 0.6) is 0 Å². The number of halogens is 2. The zero-order valence-electron chi connectivity index (χ0n) is 12.0. The first-order valence-corrected chi connectivity index (χ1v) is 7.36. The highest BCUT2D eigenvalue weighted by Gasteiger charge is 2.31. The Hall–Kier alpha value is -0.680. The molecule has 1 fully saturated rings. The number of hydrogen-bond acceptors (Lipinski definition) is 3. The van der Waals surface area contributed by atoms with Crippen LogP contribution in [0.3, 0.4) is 0 Å². The summed E-state index contributed by atoms with van der Waals surface area (Å²) in [5.74, 6) is 0.260. The summed E-state index contributed by atoms with van der Waals surface area (Å²) in [4.78, 5) is 2.20. The van der Waals surface area contributed by atoms with Crippen molar-refractivity contribution in [2.24, 2.45) is 11.7 Å². The van der Waals surface area contributed by atoms with E-state index in [2.05, 4.69) is 11.8 Å². The van der Waals surface area contributed by atoms with Gasteiger partial charge in [0.05, 0.1) is 12.1 Å². The van der Waals surface area contributed by atoms with Crippen LogP contribution in [0, 0.1) is 11.7 Å². The van der Waals surface area contributed by atoms with Crippen LogP contribution >= 0.6 is 11.6 Å². The van der Waals surface area contributed by atoms with Crippen molar-refractivity contribution >= 4 is 11.6 Å². The molecule has 112 valence electrons. The lowest BCUT2D eigenvalue weighted by Crippen LogP contribution is -2.47. The van der Waals surface area contributed by atoms with Gasteiger partial charge in [-0.15, -0.1) is 0 Å². The second kappa shape index (κ2) is 6.85. The molecular weight excluding hydrogens is 279 g/mol. The highest BCUT2D eigenvalue weighted by atomic mass is 35.5. The Bertz CT molecular complexity index is 457. The standard InChI is InChI=1S/C15H22ClFN2O/c1-10-5-6-19(9-15(10)20-2)14(8-18)12-7-11(16)3-4-13(12)17/h3-4,7,10,14-15H,5-6,8-9,18H2,1-2H3. The first-order valence-electron chi connectivity index (χ1n) is 6.98. The van der Waals surface area contributed by atoms with Gasteiger partial charge in [-0.05, 0) is 37.1 Å². The van der Waals surface area contributed by atoms with Crippen molar-refractivity contribution in [3.63, 3.8) is 0 Å². The summed E-state index contributed by atoms with van der Waals surface area (Å²) in [7, 11) is 1.72. The first-order chi connectivity index (χ1) is 9.56. The van der Waals surface area contributed by atoms with E-state index in [9.17, 15) is 4.39 Å². The number of ether oxygens (including phenoxy) is 1. The van der Waals surface area contributed by atoms with Gasteiger partial charge in [-0.2, -0.15) is 0 Å². The number of nitrogens with zero attached hydrogens (tertiary/aromatic N) is 1. The van der Waals surface area contributed by atoms with Gasteiger partial charge >= 0.3 is 0 Å². The van der Waals surface area contributed by atoms with Gasteiger partial charge in [-0.25, -0.2) is 4.39 Å². The van der Waals surface area contributed by atoms with Crippen LogP contribution in [0.1, 0.15) is 24.9 Å². The fraction of sp³-hybridized carbons (Fsp3) is 0.600. The van der Waals surface area contributed by atoms with Crippen LogP contribution in [0.4, 0.5) is 4.39 Å². The number of piperidine rings is 1. The molecule has 0 radical (unpaired) electrons. The van der Waals surface area contributed by atoms with Crippen molar-refractivity contribution in [1.82, 2.24) is 4.90 Å². The van der Waals surface area contributed by atoms with Gasteiger partial charge in [-0.3, -0.25) is 4.90 Å². The maximum atomic E-state index is 14.0. The van der Waals surface area contributed by atoms with Crippen molar-refractivity contribution in [3.8, 4) is 0 Å². The predicted octanol–water partition coefficient (Wildman–Crippen LogP) is 2.84. The van der Waals surface area contributed by atoms with Crippen LogP contribution in [0.25, 0.3) is 0 Å². The molecule has 5 heteroatoms. The van der Waals surface area contributed by atoms with Crippen LogP contribution in [0.15, 0.2) is 18.2 Å². The summed E-state index contributed by atoms with van der Waals surface area (Å²) in [5, 5.41) is 0.536. The summed E-state index contributed by atoms with van der Waals surface area (Å²) >= 11 is 5.99. The van der Waals surface area contributed by atoms with E-state index in [-0.39, 0.29) is 18.0 Å². The molecule has 0 bridgehead atoms. The third kappa shape index (κ3) is 3.31. The van der Waals surface area contributed by atoms with E-state index >= 15 is 0 Å². The van der Waals surface area contributed by atoms with Gasteiger partial charge in [0.1, 0.15) is 5.82 Å². The van der Waals surface area contributed by atoms with Gasteiger partial charge < -0.3 is 10.5 Å². The van der Waals surface area contributed by atoms with E-state index in [4.69, 9.17) is 22.1 Å². The maximum Gasteiger partial charge on any atom is 0.128 e. The van der Waals surface area contributed by atoms with E-state index in [1.807, 2.05) is 0 Å². The van der Waals surface area contributed by atoms with E-state index in [0.29, 0.717) is 23.0 Å². The van der Waals surface area contributed by atoms with Crippen LogP contribution in [-0.4, -0.2) is 37.7 Å². The first kappa shape index (κ1) is 15.7. The molecule has 2 rings (SSSR count). The van der Waals surface area contributed by atoms with Crippen molar-refractivity contribution < 1.29 is 9.13 Å². The Balaban J connectivity index is 2.21.